The summed E-state index contributed by atoms with van der Waals surface area (Å²) in [6, 6.07) is 7.11. The monoisotopic (exact) mass is 424 g/mol. The van der Waals surface area contributed by atoms with Crippen LogP contribution in [0.1, 0.15) is 18.9 Å². The minimum atomic E-state index is -3.47. The van der Waals surface area contributed by atoms with Gasteiger partial charge in [0, 0.05) is 17.1 Å². The van der Waals surface area contributed by atoms with Crippen LogP contribution in [0.25, 0.3) is 0 Å². The Morgan fingerprint density at radius 1 is 1.43 bits per heavy atom. The molecular weight excluding hydrogens is 404 g/mol. The molecule has 2 rings (SSSR count). The van der Waals surface area contributed by atoms with Gasteiger partial charge in [-0.1, -0.05) is 35.0 Å². The molecule has 130 valence electrons. The van der Waals surface area contributed by atoms with Crippen molar-refractivity contribution in [1.82, 2.24) is 10.6 Å². The molecule has 0 radical (unpaired) electrons. The molecule has 1 heterocycles. The van der Waals surface area contributed by atoms with Gasteiger partial charge in [0.2, 0.25) is 5.91 Å². The highest BCUT2D eigenvalue weighted by molar-refractivity contribution is 9.10. The van der Waals surface area contributed by atoms with Gasteiger partial charge in [-0.2, -0.15) is 0 Å². The van der Waals surface area contributed by atoms with Gasteiger partial charge in [0.1, 0.15) is 5.75 Å². The summed E-state index contributed by atoms with van der Waals surface area (Å²) < 4.78 is 25.1. The second kappa shape index (κ2) is 9.01. The van der Waals surface area contributed by atoms with Gasteiger partial charge in [-0.15, -0.1) is 12.4 Å². The summed E-state index contributed by atoms with van der Waals surface area (Å²) in [5, 5.41) is 6.04. The Labute approximate surface area is 152 Å². The Hall–Kier alpha value is -0.630. The molecule has 2 atom stereocenters. The van der Waals surface area contributed by atoms with E-state index in [0.717, 1.165) is 17.4 Å². The number of amides is 1. The van der Waals surface area contributed by atoms with Crippen LogP contribution in [0.4, 0.5) is 0 Å². The zero-order valence-corrected chi connectivity index (χ0v) is 16.1. The maximum absolute atomic E-state index is 12.2. The minimum absolute atomic E-state index is 0. The average molecular weight is 426 g/mol. The number of rotatable bonds is 5. The molecule has 1 fully saturated rings. The van der Waals surface area contributed by atoms with E-state index in [2.05, 4.69) is 33.5 Å². The number of nitrogens with one attached hydrogen (secondary N) is 2. The molecule has 1 aromatic rings. The SMILES string of the molecule is CC1CCNCC1NC(=O)CS(=O)(=O)Cc1cccc(Br)c1.Cl. The van der Waals surface area contributed by atoms with Crippen LogP contribution < -0.4 is 10.6 Å². The van der Waals surface area contributed by atoms with E-state index < -0.39 is 21.5 Å². The lowest BCUT2D eigenvalue weighted by Crippen LogP contribution is -2.51. The van der Waals surface area contributed by atoms with Crippen LogP contribution in [0.3, 0.4) is 0 Å². The fourth-order valence-corrected chi connectivity index (χ4v) is 4.28. The number of hydrogen-bond acceptors (Lipinski definition) is 4. The van der Waals surface area contributed by atoms with E-state index >= 15 is 0 Å². The van der Waals surface area contributed by atoms with Crippen molar-refractivity contribution in [2.45, 2.75) is 25.1 Å². The Morgan fingerprint density at radius 3 is 2.83 bits per heavy atom. The zero-order valence-electron chi connectivity index (χ0n) is 12.9. The molecule has 1 aliphatic rings. The molecule has 1 saturated heterocycles. The van der Waals surface area contributed by atoms with E-state index in [1.54, 1.807) is 18.2 Å². The summed E-state index contributed by atoms with van der Waals surface area (Å²) in [5.74, 6) is -0.658. The van der Waals surface area contributed by atoms with Crippen molar-refractivity contribution in [3.63, 3.8) is 0 Å². The van der Waals surface area contributed by atoms with Crippen molar-refractivity contribution in [3.05, 3.63) is 34.3 Å². The normalized spacial score (nSPS) is 21.3. The number of carbonyl (C=O) groups is 1. The number of piperidine rings is 1. The smallest absolute Gasteiger partial charge is 0.235 e. The van der Waals surface area contributed by atoms with E-state index in [9.17, 15) is 13.2 Å². The van der Waals surface area contributed by atoms with Crippen LogP contribution >= 0.6 is 28.3 Å². The quantitative estimate of drug-likeness (QED) is 0.755. The van der Waals surface area contributed by atoms with Crippen LogP contribution in [0.2, 0.25) is 0 Å². The molecule has 0 saturated carbocycles. The lowest BCUT2D eigenvalue weighted by Gasteiger charge is -2.30. The Kier molecular flexibility index (Phi) is 8.00. The molecule has 5 nitrogen and oxygen atoms in total. The van der Waals surface area contributed by atoms with Gasteiger partial charge in [-0.05, 0) is 36.6 Å². The molecule has 1 aliphatic heterocycles. The maximum atomic E-state index is 12.2. The van der Waals surface area contributed by atoms with Gasteiger partial charge < -0.3 is 10.6 Å². The molecule has 8 heteroatoms. The number of hydrogen-bond donors (Lipinski definition) is 2. The van der Waals surface area contributed by atoms with Crippen molar-refractivity contribution in [1.29, 1.82) is 0 Å². The van der Waals surface area contributed by atoms with Gasteiger partial charge >= 0.3 is 0 Å². The molecule has 0 spiro atoms. The predicted molar refractivity (Wildman–Crippen MR) is 97.5 cm³/mol. The van der Waals surface area contributed by atoms with Crippen molar-refractivity contribution < 1.29 is 13.2 Å². The van der Waals surface area contributed by atoms with Crippen LogP contribution in [0.5, 0.6) is 0 Å². The summed E-state index contributed by atoms with van der Waals surface area (Å²) in [5.41, 5.74) is 0.676. The molecule has 0 bridgehead atoms. The third kappa shape index (κ3) is 6.79. The fraction of sp³-hybridized carbons (Fsp3) is 0.533. The summed E-state index contributed by atoms with van der Waals surface area (Å²) in [6.45, 7) is 3.70. The Bertz CT molecular complexity index is 639. The third-order valence-corrected chi connectivity index (χ3v) is 5.77. The standard InChI is InChI=1S/C15H21BrN2O3S.ClH/c1-11-5-6-17-8-14(11)18-15(19)10-22(20,21)9-12-3-2-4-13(16)7-12;/h2-4,7,11,14,17H,5-6,8-10H2,1H3,(H,18,19);1H. The van der Waals surface area contributed by atoms with E-state index in [-0.39, 0.29) is 24.2 Å². The van der Waals surface area contributed by atoms with Gasteiger partial charge in [0.15, 0.2) is 9.84 Å². The maximum Gasteiger partial charge on any atom is 0.235 e. The zero-order chi connectivity index (χ0) is 16.2. The minimum Gasteiger partial charge on any atom is -0.351 e. The van der Waals surface area contributed by atoms with E-state index in [1.165, 1.54) is 0 Å². The summed E-state index contributed by atoms with van der Waals surface area (Å²) in [6.07, 6.45) is 0.982. The molecule has 0 aromatic heterocycles. The topological polar surface area (TPSA) is 75.3 Å². The van der Waals surface area contributed by atoms with Crippen molar-refractivity contribution in [2.24, 2.45) is 5.92 Å². The third-order valence-electron chi connectivity index (χ3n) is 3.80. The first-order valence-electron chi connectivity index (χ1n) is 7.31. The second-order valence-corrected chi connectivity index (χ2v) is 8.79. The predicted octanol–water partition coefficient (Wildman–Crippen LogP) is 1.90. The Balaban J connectivity index is 0.00000264. The summed E-state index contributed by atoms with van der Waals surface area (Å²) in [4.78, 5) is 12.0. The van der Waals surface area contributed by atoms with Crippen LogP contribution in [-0.2, 0) is 20.4 Å². The van der Waals surface area contributed by atoms with E-state index in [4.69, 9.17) is 0 Å². The first-order valence-corrected chi connectivity index (χ1v) is 9.92. The van der Waals surface area contributed by atoms with Gasteiger partial charge in [-0.25, -0.2) is 8.42 Å². The largest absolute Gasteiger partial charge is 0.351 e. The van der Waals surface area contributed by atoms with Crippen molar-refractivity contribution in [2.75, 3.05) is 18.8 Å². The van der Waals surface area contributed by atoms with Crippen LogP contribution in [0.15, 0.2) is 28.7 Å². The van der Waals surface area contributed by atoms with Crippen molar-refractivity contribution >= 4 is 44.1 Å². The average Bonchev–Trinajstić information content (AvgIpc) is 2.40. The molecule has 2 unspecified atom stereocenters. The molecule has 0 aliphatic carbocycles. The molecule has 23 heavy (non-hydrogen) atoms. The lowest BCUT2D eigenvalue weighted by atomic mass is 9.95. The second-order valence-electron chi connectivity index (χ2n) is 5.81. The van der Waals surface area contributed by atoms with Gasteiger partial charge in [-0.3, -0.25) is 4.79 Å². The van der Waals surface area contributed by atoms with Crippen molar-refractivity contribution in [3.8, 4) is 0 Å². The van der Waals surface area contributed by atoms with Crippen LogP contribution in [-0.4, -0.2) is 39.2 Å². The number of sulfone groups is 1. The molecule has 1 amide bonds. The Morgan fingerprint density at radius 2 is 2.17 bits per heavy atom. The van der Waals surface area contributed by atoms with E-state index in [1.807, 2.05) is 6.07 Å². The molecular formula is C15H22BrClN2O3S. The number of halogens is 2. The van der Waals surface area contributed by atoms with Gasteiger partial charge in [0.05, 0.1) is 5.75 Å². The lowest BCUT2D eigenvalue weighted by molar-refractivity contribution is -0.119. The highest BCUT2D eigenvalue weighted by Gasteiger charge is 2.25. The van der Waals surface area contributed by atoms with E-state index in [0.29, 0.717) is 18.0 Å². The molecule has 2 N–H and O–H groups in total. The first-order chi connectivity index (χ1) is 10.4. The summed E-state index contributed by atoms with van der Waals surface area (Å²) in [7, 11) is -3.47. The first kappa shape index (κ1) is 20.4. The fourth-order valence-electron chi connectivity index (χ4n) is 2.56. The van der Waals surface area contributed by atoms with Gasteiger partial charge in [0.25, 0.3) is 0 Å². The molecule has 1 aromatic carbocycles. The highest BCUT2D eigenvalue weighted by atomic mass is 79.9. The number of benzene rings is 1. The summed E-state index contributed by atoms with van der Waals surface area (Å²) >= 11 is 3.31. The van der Waals surface area contributed by atoms with Crippen LogP contribution in [0, 0.1) is 5.92 Å². The number of carbonyl (C=O) groups excluding carboxylic acids is 1. The highest BCUT2D eigenvalue weighted by Crippen LogP contribution is 2.15.